The van der Waals surface area contributed by atoms with Crippen LogP contribution in [0.1, 0.15) is 20.8 Å². The molecule has 1 aromatic carbocycles. The van der Waals surface area contributed by atoms with Gasteiger partial charge < -0.3 is 15.5 Å². The van der Waals surface area contributed by atoms with Crippen LogP contribution in [0.4, 0.5) is 5.69 Å². The van der Waals surface area contributed by atoms with Gasteiger partial charge in [-0.2, -0.15) is 0 Å². The Balaban J connectivity index is 2.00. The van der Waals surface area contributed by atoms with Crippen molar-refractivity contribution in [2.45, 2.75) is 0 Å². The van der Waals surface area contributed by atoms with Gasteiger partial charge in [0.2, 0.25) is 5.78 Å². The van der Waals surface area contributed by atoms with Crippen LogP contribution >= 0.6 is 11.6 Å². The number of carbonyl (C=O) groups excluding carboxylic acids is 2. The Morgan fingerprint density at radius 1 is 1.32 bits per heavy atom. The first-order valence-corrected chi connectivity index (χ1v) is 5.84. The number of nitrogen functional groups attached to an aromatic ring is 1. The zero-order chi connectivity index (χ0) is 13.8. The second-order valence-electron chi connectivity index (χ2n) is 3.81. The number of Topliss-reactive ketones (excluding diaryl/α,β-unsaturated/α-hetero) is 1. The van der Waals surface area contributed by atoms with Crippen LogP contribution in [0.15, 0.2) is 36.5 Å². The number of esters is 1. The predicted octanol–water partition coefficient (Wildman–Crippen LogP) is 2.29. The molecule has 0 spiro atoms. The molecule has 0 aliphatic carbocycles. The maximum atomic E-state index is 11.7. The number of rotatable bonds is 4. The number of aromatic amines is 1. The number of benzene rings is 1. The number of carbonyl (C=O) groups is 2. The van der Waals surface area contributed by atoms with E-state index in [-0.39, 0.29) is 23.6 Å². The van der Waals surface area contributed by atoms with E-state index in [1.54, 1.807) is 18.3 Å². The maximum Gasteiger partial charge on any atom is 0.340 e. The molecule has 1 aromatic heterocycles. The summed E-state index contributed by atoms with van der Waals surface area (Å²) in [6, 6.07) is 7.73. The molecule has 0 amide bonds. The molecule has 0 saturated carbocycles. The number of H-pyrrole nitrogens is 1. The standard InChI is InChI=1S/C13H11ClN2O3/c14-8-3-4-9(10(15)6-8)13(18)19-7-12(17)11-2-1-5-16-11/h1-6,16H,7,15H2. The highest BCUT2D eigenvalue weighted by Crippen LogP contribution is 2.18. The summed E-state index contributed by atoms with van der Waals surface area (Å²) in [4.78, 5) is 26.1. The average molecular weight is 279 g/mol. The highest BCUT2D eigenvalue weighted by molar-refractivity contribution is 6.31. The van der Waals surface area contributed by atoms with Crippen LogP contribution in [0, 0.1) is 0 Å². The van der Waals surface area contributed by atoms with E-state index in [0.717, 1.165) is 0 Å². The third-order valence-electron chi connectivity index (χ3n) is 2.47. The Kier molecular flexibility index (Phi) is 3.87. The van der Waals surface area contributed by atoms with E-state index < -0.39 is 5.97 Å². The van der Waals surface area contributed by atoms with Crippen LogP contribution in [0.3, 0.4) is 0 Å². The minimum atomic E-state index is -0.658. The van der Waals surface area contributed by atoms with Crippen LogP contribution in [0.5, 0.6) is 0 Å². The van der Waals surface area contributed by atoms with Crippen molar-refractivity contribution in [3.8, 4) is 0 Å². The van der Waals surface area contributed by atoms with Gasteiger partial charge in [-0.3, -0.25) is 4.79 Å². The van der Waals surface area contributed by atoms with Gasteiger partial charge >= 0.3 is 5.97 Å². The first kappa shape index (κ1) is 13.2. The summed E-state index contributed by atoms with van der Waals surface area (Å²) in [6.07, 6.45) is 1.62. The van der Waals surface area contributed by atoms with E-state index in [1.165, 1.54) is 18.2 Å². The van der Waals surface area contributed by atoms with E-state index in [0.29, 0.717) is 10.7 Å². The number of hydrogen-bond acceptors (Lipinski definition) is 4. The highest BCUT2D eigenvalue weighted by atomic mass is 35.5. The molecule has 0 atom stereocenters. The molecule has 6 heteroatoms. The van der Waals surface area contributed by atoms with E-state index in [4.69, 9.17) is 22.1 Å². The quantitative estimate of drug-likeness (QED) is 0.510. The molecule has 1 heterocycles. The molecule has 0 fully saturated rings. The Morgan fingerprint density at radius 2 is 2.11 bits per heavy atom. The van der Waals surface area contributed by atoms with Gasteiger partial charge in [0.1, 0.15) is 0 Å². The van der Waals surface area contributed by atoms with E-state index >= 15 is 0 Å². The van der Waals surface area contributed by atoms with Gasteiger partial charge in [0, 0.05) is 16.9 Å². The molecule has 0 radical (unpaired) electrons. The second-order valence-corrected chi connectivity index (χ2v) is 4.25. The van der Waals surface area contributed by atoms with Crippen LogP contribution in [0.25, 0.3) is 0 Å². The molecule has 3 N–H and O–H groups in total. The van der Waals surface area contributed by atoms with Crippen LogP contribution < -0.4 is 5.73 Å². The maximum absolute atomic E-state index is 11.7. The number of hydrogen-bond donors (Lipinski definition) is 2. The van der Waals surface area contributed by atoms with Crippen molar-refractivity contribution >= 4 is 29.0 Å². The molecule has 98 valence electrons. The minimum absolute atomic E-state index is 0.184. The summed E-state index contributed by atoms with van der Waals surface area (Å²) in [6.45, 7) is -0.346. The predicted molar refractivity (Wildman–Crippen MR) is 71.3 cm³/mol. The SMILES string of the molecule is Nc1cc(Cl)ccc1C(=O)OCC(=O)c1ccc[nH]1. The summed E-state index contributed by atoms with van der Waals surface area (Å²) < 4.78 is 4.90. The summed E-state index contributed by atoms with van der Waals surface area (Å²) in [7, 11) is 0. The molecule has 2 rings (SSSR count). The topological polar surface area (TPSA) is 85.2 Å². The fraction of sp³-hybridized carbons (Fsp3) is 0.0769. The largest absolute Gasteiger partial charge is 0.454 e. The van der Waals surface area contributed by atoms with Crippen LogP contribution in [-0.4, -0.2) is 23.3 Å². The smallest absolute Gasteiger partial charge is 0.340 e. The molecule has 19 heavy (non-hydrogen) atoms. The van der Waals surface area contributed by atoms with Crippen molar-refractivity contribution in [3.05, 3.63) is 52.8 Å². The average Bonchev–Trinajstić information content (AvgIpc) is 2.89. The van der Waals surface area contributed by atoms with Crippen molar-refractivity contribution in [2.24, 2.45) is 0 Å². The minimum Gasteiger partial charge on any atom is -0.454 e. The number of ketones is 1. The van der Waals surface area contributed by atoms with Gasteiger partial charge in [0.25, 0.3) is 0 Å². The lowest BCUT2D eigenvalue weighted by atomic mass is 10.2. The van der Waals surface area contributed by atoms with Gasteiger partial charge in [-0.15, -0.1) is 0 Å². The number of nitrogens with one attached hydrogen (secondary N) is 1. The molecule has 5 nitrogen and oxygen atoms in total. The molecule has 0 aliphatic rings. The molecule has 0 unspecified atom stereocenters. The summed E-state index contributed by atoms with van der Waals surface area (Å²) in [5.41, 5.74) is 6.43. The number of halogens is 1. The zero-order valence-electron chi connectivity index (χ0n) is 9.85. The van der Waals surface area contributed by atoms with Gasteiger partial charge in [0.05, 0.1) is 11.3 Å². The third kappa shape index (κ3) is 3.14. The third-order valence-corrected chi connectivity index (χ3v) is 2.70. The summed E-state index contributed by atoms with van der Waals surface area (Å²) >= 11 is 5.73. The van der Waals surface area contributed by atoms with Crippen LogP contribution in [-0.2, 0) is 4.74 Å². The van der Waals surface area contributed by atoms with Gasteiger partial charge in [0.15, 0.2) is 6.61 Å². The number of ether oxygens (including phenoxy) is 1. The molecule has 0 saturated heterocycles. The van der Waals surface area contributed by atoms with Crippen molar-refractivity contribution in [3.63, 3.8) is 0 Å². The molecule has 0 aliphatic heterocycles. The molecular formula is C13H11ClN2O3. The molecule has 2 aromatic rings. The monoisotopic (exact) mass is 278 g/mol. The number of nitrogens with two attached hydrogens (primary N) is 1. The van der Waals surface area contributed by atoms with E-state index in [1.807, 2.05) is 0 Å². The summed E-state index contributed by atoms with van der Waals surface area (Å²) in [5.74, 6) is -0.972. The van der Waals surface area contributed by atoms with E-state index in [9.17, 15) is 9.59 Å². The number of anilines is 1. The zero-order valence-corrected chi connectivity index (χ0v) is 10.6. The lowest BCUT2D eigenvalue weighted by Crippen LogP contribution is -2.15. The lowest BCUT2D eigenvalue weighted by molar-refractivity contribution is 0.0474. The number of aromatic nitrogens is 1. The second kappa shape index (κ2) is 5.58. The fourth-order valence-electron chi connectivity index (χ4n) is 1.51. The van der Waals surface area contributed by atoms with Crippen LogP contribution in [0.2, 0.25) is 5.02 Å². The Morgan fingerprint density at radius 3 is 2.74 bits per heavy atom. The Hall–Kier alpha value is -2.27. The van der Waals surface area contributed by atoms with Crippen molar-refractivity contribution in [1.82, 2.24) is 4.98 Å². The first-order valence-electron chi connectivity index (χ1n) is 5.46. The van der Waals surface area contributed by atoms with Gasteiger partial charge in [-0.25, -0.2) is 4.79 Å². The van der Waals surface area contributed by atoms with Gasteiger partial charge in [-0.05, 0) is 30.3 Å². The highest BCUT2D eigenvalue weighted by Gasteiger charge is 2.14. The van der Waals surface area contributed by atoms with E-state index in [2.05, 4.69) is 4.98 Å². The molecular weight excluding hydrogens is 268 g/mol. The van der Waals surface area contributed by atoms with Crippen molar-refractivity contribution in [2.75, 3.05) is 12.3 Å². The lowest BCUT2D eigenvalue weighted by Gasteiger charge is -2.06. The normalized spacial score (nSPS) is 10.2. The molecule has 0 bridgehead atoms. The Labute approximate surface area is 114 Å². The summed E-state index contributed by atoms with van der Waals surface area (Å²) in [5, 5.41) is 0.427. The van der Waals surface area contributed by atoms with Gasteiger partial charge in [-0.1, -0.05) is 11.6 Å². The van der Waals surface area contributed by atoms with Crippen molar-refractivity contribution in [1.29, 1.82) is 0 Å². The fourth-order valence-corrected chi connectivity index (χ4v) is 1.69. The van der Waals surface area contributed by atoms with Crippen molar-refractivity contribution < 1.29 is 14.3 Å². The Bertz CT molecular complexity index is 608. The first-order chi connectivity index (χ1) is 9.08.